The van der Waals surface area contributed by atoms with Gasteiger partial charge in [0.2, 0.25) is 5.43 Å². The molecular formula is C12H9ClO5. The number of hydrogen-bond acceptors (Lipinski definition) is 4. The first-order chi connectivity index (χ1) is 8.49. The van der Waals surface area contributed by atoms with Gasteiger partial charge in [-0.25, -0.2) is 4.79 Å². The van der Waals surface area contributed by atoms with Gasteiger partial charge in [-0.1, -0.05) is 11.6 Å². The smallest absolute Gasteiger partial charge is 0.344 e. The van der Waals surface area contributed by atoms with E-state index in [1.807, 2.05) is 0 Å². The maximum atomic E-state index is 11.6. The van der Waals surface area contributed by atoms with Crippen LogP contribution in [0, 0.1) is 0 Å². The fraction of sp³-hybridized carbons (Fsp3) is 0.167. The SMILES string of the molecule is C[C@@H](Oc1ccc2c(=O)c(Cl)coc2c1)C(=O)O. The molecule has 1 N–H and O–H groups in total. The molecule has 5 nitrogen and oxygen atoms in total. The number of benzene rings is 1. The topological polar surface area (TPSA) is 76.7 Å². The zero-order valence-corrected chi connectivity index (χ0v) is 10.1. The van der Waals surface area contributed by atoms with Crippen LogP contribution in [0.15, 0.2) is 33.7 Å². The zero-order chi connectivity index (χ0) is 13.3. The first kappa shape index (κ1) is 12.4. The molecule has 1 aromatic carbocycles. The molecule has 0 fully saturated rings. The molecule has 2 aromatic rings. The largest absolute Gasteiger partial charge is 0.479 e. The summed E-state index contributed by atoms with van der Waals surface area (Å²) in [5.41, 5.74) is -0.0461. The lowest BCUT2D eigenvalue weighted by molar-refractivity contribution is -0.144. The molecule has 2 rings (SSSR count). The number of ether oxygens (including phenoxy) is 1. The molecule has 0 aliphatic rings. The van der Waals surface area contributed by atoms with Crippen molar-refractivity contribution >= 4 is 28.5 Å². The quantitative estimate of drug-likeness (QED) is 0.924. The van der Waals surface area contributed by atoms with Crippen LogP contribution in [0.5, 0.6) is 5.75 Å². The molecule has 94 valence electrons. The minimum atomic E-state index is -1.08. The van der Waals surface area contributed by atoms with E-state index in [0.717, 1.165) is 6.26 Å². The lowest BCUT2D eigenvalue weighted by Gasteiger charge is -2.10. The Labute approximate surface area is 107 Å². The van der Waals surface area contributed by atoms with E-state index in [9.17, 15) is 9.59 Å². The normalized spacial score (nSPS) is 12.3. The number of halogens is 1. The Hall–Kier alpha value is -2.01. The Bertz CT molecular complexity index is 661. The second-order valence-electron chi connectivity index (χ2n) is 3.67. The van der Waals surface area contributed by atoms with Crippen LogP contribution in [-0.4, -0.2) is 17.2 Å². The fourth-order valence-corrected chi connectivity index (χ4v) is 1.56. The summed E-state index contributed by atoms with van der Waals surface area (Å²) in [5, 5.41) is 9.03. The third kappa shape index (κ3) is 2.31. The molecule has 0 saturated heterocycles. The van der Waals surface area contributed by atoms with Crippen molar-refractivity contribution in [3.8, 4) is 5.75 Å². The maximum Gasteiger partial charge on any atom is 0.344 e. The van der Waals surface area contributed by atoms with Gasteiger partial charge in [0.25, 0.3) is 0 Å². The summed E-state index contributed by atoms with van der Waals surface area (Å²) in [5.74, 6) is -0.768. The molecule has 0 aliphatic carbocycles. The Morgan fingerprint density at radius 1 is 1.50 bits per heavy atom. The second kappa shape index (κ2) is 4.70. The standard InChI is InChI=1S/C12H9ClO5/c1-6(12(15)16)18-7-2-3-8-10(4-7)17-5-9(13)11(8)14/h2-6H,1H3,(H,15,16)/t6-/m1/s1. The van der Waals surface area contributed by atoms with E-state index in [2.05, 4.69) is 0 Å². The third-order valence-electron chi connectivity index (χ3n) is 2.36. The Morgan fingerprint density at radius 2 is 2.22 bits per heavy atom. The average Bonchev–Trinajstić information content (AvgIpc) is 2.34. The molecule has 0 saturated carbocycles. The van der Waals surface area contributed by atoms with Crippen molar-refractivity contribution in [2.75, 3.05) is 0 Å². The van der Waals surface area contributed by atoms with Crippen molar-refractivity contribution in [1.29, 1.82) is 0 Å². The zero-order valence-electron chi connectivity index (χ0n) is 9.34. The predicted octanol–water partition coefficient (Wildman–Crippen LogP) is 2.30. The van der Waals surface area contributed by atoms with Gasteiger partial charge in [0.15, 0.2) is 6.10 Å². The van der Waals surface area contributed by atoms with E-state index in [4.69, 9.17) is 25.9 Å². The van der Waals surface area contributed by atoms with Crippen molar-refractivity contribution < 1.29 is 19.1 Å². The highest BCUT2D eigenvalue weighted by molar-refractivity contribution is 6.30. The van der Waals surface area contributed by atoms with Crippen molar-refractivity contribution in [2.45, 2.75) is 13.0 Å². The fourth-order valence-electron chi connectivity index (χ4n) is 1.41. The lowest BCUT2D eigenvalue weighted by atomic mass is 10.2. The van der Waals surface area contributed by atoms with Crippen LogP contribution in [0.3, 0.4) is 0 Å². The molecule has 18 heavy (non-hydrogen) atoms. The van der Waals surface area contributed by atoms with E-state index in [0.29, 0.717) is 16.7 Å². The number of hydrogen-bond donors (Lipinski definition) is 1. The van der Waals surface area contributed by atoms with Gasteiger partial charge in [-0.05, 0) is 19.1 Å². The number of aliphatic carboxylic acids is 1. The van der Waals surface area contributed by atoms with E-state index < -0.39 is 12.1 Å². The minimum Gasteiger partial charge on any atom is -0.479 e. The highest BCUT2D eigenvalue weighted by Crippen LogP contribution is 2.21. The molecule has 1 heterocycles. The minimum absolute atomic E-state index is 0.00456. The van der Waals surface area contributed by atoms with Gasteiger partial charge in [-0.15, -0.1) is 0 Å². The molecule has 0 spiro atoms. The Morgan fingerprint density at radius 3 is 2.89 bits per heavy atom. The average molecular weight is 269 g/mol. The summed E-state index contributed by atoms with van der Waals surface area (Å²) < 4.78 is 10.3. The van der Waals surface area contributed by atoms with Gasteiger partial charge in [-0.2, -0.15) is 0 Å². The van der Waals surface area contributed by atoms with Gasteiger partial charge in [-0.3, -0.25) is 4.79 Å². The third-order valence-corrected chi connectivity index (χ3v) is 2.63. The van der Waals surface area contributed by atoms with Crippen LogP contribution < -0.4 is 10.2 Å². The molecule has 0 unspecified atom stereocenters. The summed E-state index contributed by atoms with van der Waals surface area (Å²) >= 11 is 5.64. The lowest BCUT2D eigenvalue weighted by Crippen LogP contribution is -2.22. The Kier molecular flexibility index (Phi) is 3.25. The van der Waals surface area contributed by atoms with E-state index >= 15 is 0 Å². The molecular weight excluding hydrogens is 260 g/mol. The van der Waals surface area contributed by atoms with Gasteiger partial charge >= 0.3 is 5.97 Å². The van der Waals surface area contributed by atoms with E-state index in [-0.39, 0.29) is 10.5 Å². The number of carboxylic acid groups (broad SMARTS) is 1. The van der Waals surface area contributed by atoms with Gasteiger partial charge < -0.3 is 14.3 Å². The summed E-state index contributed by atoms with van der Waals surface area (Å²) in [7, 11) is 0. The number of carbonyl (C=O) groups is 1. The van der Waals surface area contributed by atoms with E-state index in [1.165, 1.54) is 25.1 Å². The molecule has 6 heteroatoms. The molecule has 0 amide bonds. The maximum absolute atomic E-state index is 11.6. The molecule has 0 radical (unpaired) electrons. The molecule has 1 atom stereocenters. The van der Waals surface area contributed by atoms with Crippen LogP contribution >= 0.6 is 11.6 Å². The van der Waals surface area contributed by atoms with Gasteiger partial charge in [0.05, 0.1) is 5.39 Å². The van der Waals surface area contributed by atoms with Crippen molar-refractivity contribution in [3.05, 3.63) is 39.7 Å². The van der Waals surface area contributed by atoms with Crippen LogP contribution in [0.25, 0.3) is 11.0 Å². The van der Waals surface area contributed by atoms with Crippen LogP contribution in [0.2, 0.25) is 5.02 Å². The highest BCUT2D eigenvalue weighted by Gasteiger charge is 2.13. The van der Waals surface area contributed by atoms with Gasteiger partial charge in [0, 0.05) is 6.07 Å². The molecule has 0 aliphatic heterocycles. The first-order valence-corrected chi connectivity index (χ1v) is 5.47. The van der Waals surface area contributed by atoms with Crippen molar-refractivity contribution in [2.24, 2.45) is 0 Å². The van der Waals surface area contributed by atoms with E-state index in [1.54, 1.807) is 0 Å². The van der Waals surface area contributed by atoms with Crippen molar-refractivity contribution in [3.63, 3.8) is 0 Å². The second-order valence-corrected chi connectivity index (χ2v) is 4.08. The predicted molar refractivity (Wildman–Crippen MR) is 65.2 cm³/mol. The number of fused-ring (bicyclic) bond motifs is 1. The summed E-state index contributed by atoms with van der Waals surface area (Å²) in [6, 6.07) is 4.43. The summed E-state index contributed by atoms with van der Waals surface area (Å²) in [6.45, 7) is 1.41. The number of rotatable bonds is 3. The molecule has 0 bridgehead atoms. The van der Waals surface area contributed by atoms with Crippen LogP contribution in [0.4, 0.5) is 0 Å². The van der Waals surface area contributed by atoms with Crippen molar-refractivity contribution in [1.82, 2.24) is 0 Å². The first-order valence-electron chi connectivity index (χ1n) is 5.09. The Balaban J connectivity index is 2.43. The molecule has 1 aromatic heterocycles. The number of carboxylic acids is 1. The van der Waals surface area contributed by atoms with Crippen LogP contribution in [0.1, 0.15) is 6.92 Å². The summed E-state index contributed by atoms with van der Waals surface area (Å²) in [6.07, 6.45) is 0.151. The summed E-state index contributed by atoms with van der Waals surface area (Å²) in [4.78, 5) is 22.3. The van der Waals surface area contributed by atoms with Gasteiger partial charge in [0.1, 0.15) is 22.6 Å². The van der Waals surface area contributed by atoms with Crippen LogP contribution in [-0.2, 0) is 4.79 Å². The highest BCUT2D eigenvalue weighted by atomic mass is 35.5. The monoisotopic (exact) mass is 268 g/mol.